The third kappa shape index (κ3) is 3.56. The van der Waals surface area contributed by atoms with Crippen LogP contribution in [-0.2, 0) is 4.79 Å². The summed E-state index contributed by atoms with van der Waals surface area (Å²) >= 11 is 0. The van der Waals surface area contributed by atoms with E-state index >= 15 is 0 Å². The summed E-state index contributed by atoms with van der Waals surface area (Å²) in [5, 5.41) is 2.71. The molecule has 0 atom stereocenters. The molecule has 1 saturated heterocycles. The molecule has 1 heterocycles. The SMILES string of the molecule is O=C(Nc1ccc(F)cc1)c1ccc(N2CCCCC2=O)cc1. The predicted molar refractivity (Wildman–Crippen MR) is 87.0 cm³/mol. The van der Waals surface area contributed by atoms with E-state index in [1.807, 2.05) is 0 Å². The van der Waals surface area contributed by atoms with Crippen molar-refractivity contribution >= 4 is 23.2 Å². The molecule has 4 nitrogen and oxygen atoms in total. The van der Waals surface area contributed by atoms with Crippen LogP contribution in [-0.4, -0.2) is 18.4 Å². The largest absolute Gasteiger partial charge is 0.322 e. The Hall–Kier alpha value is -2.69. The normalized spacial score (nSPS) is 14.7. The Balaban J connectivity index is 1.70. The molecule has 2 aromatic carbocycles. The third-order valence-electron chi connectivity index (χ3n) is 3.87. The Kier molecular flexibility index (Phi) is 4.37. The molecule has 0 saturated carbocycles. The lowest BCUT2D eigenvalue weighted by molar-refractivity contribution is -0.119. The summed E-state index contributed by atoms with van der Waals surface area (Å²) in [5.41, 5.74) is 1.84. The maximum absolute atomic E-state index is 12.9. The van der Waals surface area contributed by atoms with Crippen LogP contribution in [0.1, 0.15) is 29.6 Å². The second kappa shape index (κ2) is 6.60. The summed E-state index contributed by atoms with van der Waals surface area (Å²) in [5.74, 6) is -0.494. The summed E-state index contributed by atoms with van der Waals surface area (Å²) < 4.78 is 12.9. The van der Waals surface area contributed by atoms with Crippen molar-refractivity contribution in [2.24, 2.45) is 0 Å². The van der Waals surface area contributed by atoms with Gasteiger partial charge in [-0.05, 0) is 61.4 Å². The molecule has 0 aromatic heterocycles. The van der Waals surface area contributed by atoms with Gasteiger partial charge in [0.25, 0.3) is 5.91 Å². The highest BCUT2D eigenvalue weighted by Gasteiger charge is 2.19. The fourth-order valence-corrected chi connectivity index (χ4v) is 2.61. The zero-order valence-corrected chi connectivity index (χ0v) is 12.6. The first-order valence-electron chi connectivity index (χ1n) is 7.61. The van der Waals surface area contributed by atoms with Crippen LogP contribution in [0, 0.1) is 5.82 Å². The van der Waals surface area contributed by atoms with Crippen LogP contribution in [0.15, 0.2) is 48.5 Å². The summed E-state index contributed by atoms with van der Waals surface area (Å²) in [4.78, 5) is 25.8. The molecule has 0 bridgehead atoms. The summed E-state index contributed by atoms with van der Waals surface area (Å²) in [7, 11) is 0. The number of carbonyl (C=O) groups is 2. The molecule has 0 unspecified atom stereocenters. The number of halogens is 1. The minimum atomic E-state index is -0.349. The quantitative estimate of drug-likeness (QED) is 0.941. The van der Waals surface area contributed by atoms with Gasteiger partial charge in [-0.2, -0.15) is 0 Å². The van der Waals surface area contributed by atoms with Gasteiger partial charge in [0.2, 0.25) is 5.91 Å². The first-order valence-corrected chi connectivity index (χ1v) is 7.61. The van der Waals surface area contributed by atoms with E-state index in [0.29, 0.717) is 17.7 Å². The van der Waals surface area contributed by atoms with E-state index in [1.54, 1.807) is 29.2 Å². The predicted octanol–water partition coefficient (Wildman–Crippen LogP) is 3.59. The molecule has 3 rings (SSSR count). The van der Waals surface area contributed by atoms with Crippen LogP contribution in [0.5, 0.6) is 0 Å². The van der Waals surface area contributed by atoms with Crippen molar-refractivity contribution in [1.29, 1.82) is 0 Å². The molecule has 5 heteroatoms. The van der Waals surface area contributed by atoms with Gasteiger partial charge in [0.05, 0.1) is 0 Å². The number of amides is 2. The fourth-order valence-electron chi connectivity index (χ4n) is 2.61. The number of carbonyl (C=O) groups excluding carboxylic acids is 2. The molecule has 1 fully saturated rings. The molecule has 2 amide bonds. The van der Waals surface area contributed by atoms with Gasteiger partial charge < -0.3 is 10.2 Å². The lowest BCUT2D eigenvalue weighted by Gasteiger charge is -2.26. The molecule has 0 radical (unpaired) electrons. The Labute approximate surface area is 133 Å². The molecule has 0 spiro atoms. The van der Waals surface area contributed by atoms with Gasteiger partial charge in [0, 0.05) is 29.9 Å². The van der Waals surface area contributed by atoms with Gasteiger partial charge in [0.1, 0.15) is 5.82 Å². The number of anilines is 2. The van der Waals surface area contributed by atoms with Crippen molar-refractivity contribution in [2.75, 3.05) is 16.8 Å². The molecule has 1 N–H and O–H groups in total. The zero-order valence-electron chi connectivity index (χ0n) is 12.6. The van der Waals surface area contributed by atoms with Crippen molar-refractivity contribution in [3.8, 4) is 0 Å². The number of rotatable bonds is 3. The van der Waals surface area contributed by atoms with E-state index in [9.17, 15) is 14.0 Å². The number of benzene rings is 2. The zero-order chi connectivity index (χ0) is 16.2. The number of nitrogens with zero attached hydrogens (tertiary/aromatic N) is 1. The average Bonchev–Trinajstić information content (AvgIpc) is 2.57. The molecular weight excluding hydrogens is 295 g/mol. The maximum atomic E-state index is 12.9. The van der Waals surface area contributed by atoms with Gasteiger partial charge in [-0.3, -0.25) is 9.59 Å². The van der Waals surface area contributed by atoms with E-state index in [2.05, 4.69) is 5.32 Å². The molecule has 0 aliphatic carbocycles. The second-order valence-corrected chi connectivity index (χ2v) is 5.51. The lowest BCUT2D eigenvalue weighted by atomic mass is 10.1. The smallest absolute Gasteiger partial charge is 0.255 e. The number of nitrogens with one attached hydrogen (secondary N) is 1. The van der Waals surface area contributed by atoms with Gasteiger partial charge >= 0.3 is 0 Å². The van der Waals surface area contributed by atoms with Crippen LogP contribution in [0.3, 0.4) is 0 Å². The van der Waals surface area contributed by atoms with Crippen LogP contribution < -0.4 is 10.2 Å². The maximum Gasteiger partial charge on any atom is 0.255 e. The average molecular weight is 312 g/mol. The number of hydrogen-bond donors (Lipinski definition) is 1. The minimum absolute atomic E-state index is 0.125. The minimum Gasteiger partial charge on any atom is -0.322 e. The molecule has 23 heavy (non-hydrogen) atoms. The number of hydrogen-bond acceptors (Lipinski definition) is 2. The van der Waals surface area contributed by atoms with Crippen LogP contribution in [0.25, 0.3) is 0 Å². The standard InChI is InChI=1S/C18H17FN2O2/c19-14-6-8-15(9-7-14)20-18(23)13-4-10-16(11-5-13)21-12-2-1-3-17(21)22/h4-11H,1-3,12H2,(H,20,23). The summed E-state index contributed by atoms with van der Waals surface area (Å²) in [6, 6.07) is 12.5. The van der Waals surface area contributed by atoms with Crippen molar-refractivity contribution < 1.29 is 14.0 Å². The van der Waals surface area contributed by atoms with E-state index in [-0.39, 0.29) is 17.6 Å². The Bertz CT molecular complexity index is 711. The Morgan fingerprint density at radius 2 is 1.70 bits per heavy atom. The van der Waals surface area contributed by atoms with Crippen LogP contribution in [0.2, 0.25) is 0 Å². The van der Waals surface area contributed by atoms with Crippen molar-refractivity contribution in [3.05, 3.63) is 59.9 Å². The second-order valence-electron chi connectivity index (χ2n) is 5.51. The monoisotopic (exact) mass is 312 g/mol. The van der Waals surface area contributed by atoms with Gasteiger partial charge in [-0.15, -0.1) is 0 Å². The van der Waals surface area contributed by atoms with E-state index in [1.165, 1.54) is 24.3 Å². The highest BCUT2D eigenvalue weighted by molar-refractivity contribution is 6.04. The van der Waals surface area contributed by atoms with Crippen LogP contribution >= 0.6 is 0 Å². The molecular formula is C18H17FN2O2. The highest BCUT2D eigenvalue weighted by Crippen LogP contribution is 2.21. The van der Waals surface area contributed by atoms with Gasteiger partial charge in [-0.25, -0.2) is 4.39 Å². The van der Waals surface area contributed by atoms with Gasteiger partial charge in [-0.1, -0.05) is 0 Å². The fraction of sp³-hybridized carbons (Fsp3) is 0.222. The van der Waals surface area contributed by atoms with Crippen LogP contribution in [0.4, 0.5) is 15.8 Å². The number of piperidine rings is 1. The van der Waals surface area contributed by atoms with E-state index < -0.39 is 0 Å². The van der Waals surface area contributed by atoms with Gasteiger partial charge in [0.15, 0.2) is 0 Å². The molecule has 1 aliphatic heterocycles. The molecule has 1 aliphatic rings. The third-order valence-corrected chi connectivity index (χ3v) is 3.87. The first kappa shape index (κ1) is 15.2. The Morgan fingerprint density at radius 3 is 2.35 bits per heavy atom. The van der Waals surface area contributed by atoms with Crippen molar-refractivity contribution in [3.63, 3.8) is 0 Å². The molecule has 118 valence electrons. The lowest BCUT2D eigenvalue weighted by Crippen LogP contribution is -2.35. The first-order chi connectivity index (χ1) is 11.1. The topological polar surface area (TPSA) is 49.4 Å². The van der Waals surface area contributed by atoms with Crippen molar-refractivity contribution in [2.45, 2.75) is 19.3 Å². The van der Waals surface area contributed by atoms with E-state index in [4.69, 9.17) is 0 Å². The van der Waals surface area contributed by atoms with Crippen molar-refractivity contribution in [1.82, 2.24) is 0 Å². The van der Waals surface area contributed by atoms with E-state index in [0.717, 1.165) is 25.1 Å². The summed E-state index contributed by atoms with van der Waals surface area (Å²) in [6.45, 7) is 0.722. The Morgan fingerprint density at radius 1 is 1.00 bits per heavy atom. The molecule has 2 aromatic rings. The summed E-state index contributed by atoms with van der Waals surface area (Å²) in [6.07, 6.45) is 2.51. The highest BCUT2D eigenvalue weighted by atomic mass is 19.1.